The second-order valence-electron chi connectivity index (χ2n) is 8.01. The zero-order valence-electron chi connectivity index (χ0n) is 16.9. The van der Waals surface area contributed by atoms with E-state index in [1.165, 1.54) is 55.3 Å². The number of hydrogen-bond donors (Lipinski definition) is 0. The van der Waals surface area contributed by atoms with Crippen LogP contribution in [0.2, 0.25) is 0 Å². The monoisotopic (exact) mass is 394 g/mol. The summed E-state index contributed by atoms with van der Waals surface area (Å²) >= 11 is 1.70. The van der Waals surface area contributed by atoms with E-state index in [2.05, 4.69) is 30.0 Å². The molecule has 1 aliphatic carbocycles. The summed E-state index contributed by atoms with van der Waals surface area (Å²) in [7, 11) is 0. The second-order valence-corrected chi connectivity index (χ2v) is 9.09. The Bertz CT molecular complexity index is 959. The van der Waals surface area contributed by atoms with Crippen molar-refractivity contribution in [2.24, 2.45) is 0 Å². The van der Waals surface area contributed by atoms with Gasteiger partial charge in [0.05, 0.1) is 20.8 Å². The molecule has 0 bridgehead atoms. The Balaban J connectivity index is 1.59. The van der Waals surface area contributed by atoms with E-state index >= 15 is 0 Å². The van der Waals surface area contributed by atoms with Crippen LogP contribution >= 0.6 is 11.3 Å². The van der Waals surface area contributed by atoms with Gasteiger partial charge in [0.1, 0.15) is 0 Å². The summed E-state index contributed by atoms with van der Waals surface area (Å²) in [5, 5.41) is 0. The van der Waals surface area contributed by atoms with Crippen LogP contribution in [0.25, 0.3) is 20.8 Å². The topological polar surface area (TPSA) is 33.2 Å². The quantitative estimate of drug-likeness (QED) is 0.350. The van der Waals surface area contributed by atoms with E-state index in [-0.39, 0.29) is 5.43 Å². The van der Waals surface area contributed by atoms with Gasteiger partial charge in [-0.2, -0.15) is 0 Å². The third-order valence-electron chi connectivity index (χ3n) is 5.82. The minimum Gasteiger partial charge on any atom is -0.371 e. The second kappa shape index (κ2) is 9.04. The standard InChI is InChI=1S/C24H30N2OS/c1-2-3-4-5-7-10-18-15-21-24(17-22(18)27)28-23-16-19(11-12-20(23)25-21)26-13-8-6-9-14-26/h11-12,15-17H,2-10,13-14H2,1H3. The lowest BCUT2D eigenvalue weighted by Crippen LogP contribution is -2.29. The van der Waals surface area contributed by atoms with Crippen molar-refractivity contribution in [1.29, 1.82) is 0 Å². The summed E-state index contributed by atoms with van der Waals surface area (Å²) in [6, 6.07) is 10.4. The van der Waals surface area contributed by atoms with E-state index in [1.54, 1.807) is 17.4 Å². The lowest BCUT2D eigenvalue weighted by molar-refractivity contribution is 0.578. The fraction of sp³-hybridized carbons (Fsp3) is 0.500. The van der Waals surface area contributed by atoms with Crippen molar-refractivity contribution in [3.8, 4) is 10.6 Å². The van der Waals surface area contributed by atoms with Crippen LogP contribution in [0.5, 0.6) is 0 Å². The van der Waals surface area contributed by atoms with Crippen molar-refractivity contribution in [3.05, 3.63) is 46.1 Å². The van der Waals surface area contributed by atoms with Crippen LogP contribution < -0.4 is 10.3 Å². The average molecular weight is 395 g/mol. The highest BCUT2D eigenvalue weighted by Gasteiger charge is 2.14. The summed E-state index contributed by atoms with van der Waals surface area (Å²) in [6.07, 6.45) is 10.9. The number of hydrogen-bond acceptors (Lipinski definition) is 4. The summed E-state index contributed by atoms with van der Waals surface area (Å²) in [4.78, 5) is 20.9. The zero-order chi connectivity index (χ0) is 19.3. The van der Waals surface area contributed by atoms with E-state index in [4.69, 9.17) is 4.98 Å². The van der Waals surface area contributed by atoms with Crippen LogP contribution in [0.4, 0.5) is 5.69 Å². The Morgan fingerprint density at radius 2 is 1.82 bits per heavy atom. The van der Waals surface area contributed by atoms with Crippen molar-refractivity contribution in [1.82, 2.24) is 4.98 Å². The van der Waals surface area contributed by atoms with Gasteiger partial charge < -0.3 is 4.90 Å². The van der Waals surface area contributed by atoms with Crippen LogP contribution in [0.1, 0.15) is 63.9 Å². The molecule has 0 unspecified atom stereocenters. The molecule has 3 aliphatic rings. The number of fused-ring (bicyclic) bond motifs is 2. The van der Waals surface area contributed by atoms with Crippen LogP contribution in [0, 0.1) is 0 Å². The molecular formula is C24H30N2OS. The highest BCUT2D eigenvalue weighted by Crippen LogP contribution is 2.33. The summed E-state index contributed by atoms with van der Waals surface area (Å²) in [5.41, 5.74) is 4.38. The van der Waals surface area contributed by atoms with Gasteiger partial charge in [-0.05, 0) is 56.4 Å². The molecule has 1 aromatic carbocycles. The number of piperidine rings is 1. The molecule has 0 N–H and O–H groups in total. The number of aryl methyl sites for hydroxylation is 1. The molecular weight excluding hydrogens is 364 g/mol. The summed E-state index contributed by atoms with van der Waals surface area (Å²) < 4.78 is 1.17. The molecule has 0 radical (unpaired) electrons. The lowest BCUT2D eigenvalue weighted by Gasteiger charge is -2.28. The van der Waals surface area contributed by atoms with E-state index < -0.39 is 0 Å². The third-order valence-corrected chi connectivity index (χ3v) is 6.91. The molecule has 0 aromatic heterocycles. The highest BCUT2D eigenvalue weighted by atomic mass is 32.1. The minimum atomic E-state index is 0.174. The van der Waals surface area contributed by atoms with Crippen molar-refractivity contribution in [2.75, 3.05) is 18.0 Å². The molecule has 0 atom stereocenters. The zero-order valence-corrected chi connectivity index (χ0v) is 17.7. The first-order chi connectivity index (χ1) is 13.7. The summed E-state index contributed by atoms with van der Waals surface area (Å²) in [5.74, 6) is 0. The van der Waals surface area contributed by atoms with E-state index in [0.29, 0.717) is 0 Å². The smallest absolute Gasteiger partial charge is 0.183 e. The van der Waals surface area contributed by atoms with E-state index in [1.807, 2.05) is 6.07 Å². The number of nitrogens with zero attached hydrogens (tertiary/aromatic N) is 2. The predicted molar refractivity (Wildman–Crippen MR) is 121 cm³/mol. The van der Waals surface area contributed by atoms with Gasteiger partial charge in [-0.1, -0.05) is 32.6 Å². The molecule has 4 heteroatoms. The molecule has 148 valence electrons. The molecule has 2 aliphatic heterocycles. The molecule has 0 spiro atoms. The van der Waals surface area contributed by atoms with Gasteiger partial charge in [0, 0.05) is 30.4 Å². The highest BCUT2D eigenvalue weighted by molar-refractivity contribution is 7.21. The van der Waals surface area contributed by atoms with Crippen molar-refractivity contribution in [2.45, 2.75) is 64.7 Å². The molecule has 2 heterocycles. The first kappa shape index (κ1) is 19.4. The number of aromatic nitrogens is 1. The maximum Gasteiger partial charge on any atom is 0.183 e. The fourth-order valence-corrected chi connectivity index (χ4v) is 5.16. The van der Waals surface area contributed by atoms with Crippen molar-refractivity contribution < 1.29 is 0 Å². The van der Waals surface area contributed by atoms with Crippen molar-refractivity contribution >= 4 is 27.2 Å². The van der Waals surface area contributed by atoms with Crippen LogP contribution in [0.3, 0.4) is 0 Å². The number of unbranched alkanes of at least 4 members (excludes halogenated alkanes) is 4. The Kier molecular flexibility index (Phi) is 6.26. The van der Waals surface area contributed by atoms with Gasteiger partial charge in [-0.25, -0.2) is 4.98 Å². The van der Waals surface area contributed by atoms with Crippen LogP contribution in [-0.4, -0.2) is 18.1 Å². The lowest BCUT2D eigenvalue weighted by atomic mass is 10.0. The van der Waals surface area contributed by atoms with Gasteiger partial charge in [0.25, 0.3) is 0 Å². The molecule has 3 nitrogen and oxygen atoms in total. The molecule has 1 fully saturated rings. The van der Waals surface area contributed by atoms with Crippen LogP contribution in [0.15, 0.2) is 35.1 Å². The first-order valence-corrected chi connectivity index (χ1v) is 11.7. The normalized spacial score (nSPS) is 14.8. The average Bonchev–Trinajstić information content (AvgIpc) is 2.73. The van der Waals surface area contributed by atoms with Gasteiger partial charge in [0.2, 0.25) is 0 Å². The number of benzene rings is 2. The molecule has 0 saturated carbocycles. The summed E-state index contributed by atoms with van der Waals surface area (Å²) in [6.45, 7) is 4.51. The number of anilines is 1. The largest absolute Gasteiger partial charge is 0.371 e. The molecule has 28 heavy (non-hydrogen) atoms. The Hall–Kier alpha value is -1.94. The Labute approximate surface area is 171 Å². The van der Waals surface area contributed by atoms with Crippen LogP contribution in [-0.2, 0) is 6.42 Å². The van der Waals surface area contributed by atoms with Gasteiger partial charge in [0.15, 0.2) is 5.43 Å². The maximum atomic E-state index is 12.6. The Morgan fingerprint density at radius 3 is 2.64 bits per heavy atom. The van der Waals surface area contributed by atoms with E-state index in [9.17, 15) is 4.79 Å². The fourth-order valence-electron chi connectivity index (χ4n) is 4.15. The maximum absolute atomic E-state index is 12.6. The molecule has 0 amide bonds. The molecule has 4 rings (SSSR count). The molecule has 1 aromatic rings. The predicted octanol–water partition coefficient (Wildman–Crippen LogP) is 6.26. The SMILES string of the molecule is CCCCCCCc1cc2nc3ccc(N4CCCCC4)cc3sc-2cc1=O. The molecule has 1 saturated heterocycles. The number of rotatable bonds is 7. The van der Waals surface area contributed by atoms with Gasteiger partial charge in [-0.15, -0.1) is 11.3 Å². The van der Waals surface area contributed by atoms with Gasteiger partial charge >= 0.3 is 0 Å². The van der Waals surface area contributed by atoms with Crippen molar-refractivity contribution in [3.63, 3.8) is 0 Å². The third kappa shape index (κ3) is 4.38. The van der Waals surface area contributed by atoms with Gasteiger partial charge in [-0.3, -0.25) is 4.79 Å². The Morgan fingerprint density at radius 1 is 1.00 bits per heavy atom. The van der Waals surface area contributed by atoms with E-state index in [0.717, 1.165) is 47.6 Å². The minimum absolute atomic E-state index is 0.174. The first-order valence-electron chi connectivity index (χ1n) is 10.9.